The second-order valence-electron chi connectivity index (χ2n) is 7.63. The third-order valence-electron chi connectivity index (χ3n) is 5.50. The third kappa shape index (κ3) is 4.76. The first-order valence-electron chi connectivity index (χ1n) is 9.67. The highest BCUT2D eigenvalue weighted by molar-refractivity contribution is 8.23. The maximum atomic E-state index is 12.4. The van der Waals surface area contributed by atoms with E-state index in [0.29, 0.717) is 23.3 Å². The number of benzene rings is 1. The number of nitro groups is 1. The number of carbonyl (C=O) groups excluding carboxylic acids is 1. The summed E-state index contributed by atoms with van der Waals surface area (Å²) >= 11 is 12.8. The lowest BCUT2D eigenvalue weighted by Crippen LogP contribution is -2.48. The Labute approximate surface area is 192 Å². The number of likely N-dealkylation sites (tertiary alicyclic amines) is 1. The molecular weight excluding hydrogens is 460 g/mol. The molecule has 1 N–H and O–H groups in total. The molecule has 11 heteroatoms. The number of anilines is 1. The molecule has 31 heavy (non-hydrogen) atoms. The molecule has 1 aromatic carbocycles. The van der Waals surface area contributed by atoms with Crippen LogP contribution in [0.4, 0.5) is 11.4 Å². The van der Waals surface area contributed by atoms with Crippen LogP contribution < -0.4 is 10.9 Å². The number of rotatable bonds is 4. The van der Waals surface area contributed by atoms with Gasteiger partial charge < -0.3 is 14.8 Å². The predicted molar refractivity (Wildman–Crippen MR) is 125 cm³/mol. The number of thioether (sulfide) groups is 1. The van der Waals surface area contributed by atoms with E-state index in [1.165, 1.54) is 30.0 Å². The van der Waals surface area contributed by atoms with Crippen molar-refractivity contribution < 1.29 is 9.72 Å². The first-order chi connectivity index (χ1) is 14.8. The molecule has 2 atom stereocenters. The number of aromatic nitrogens is 1. The lowest BCUT2D eigenvalue weighted by molar-refractivity contribution is -0.384. The highest BCUT2D eigenvalue weighted by atomic mass is 35.5. The summed E-state index contributed by atoms with van der Waals surface area (Å²) < 4.78 is 2.49. The molecule has 2 aliphatic heterocycles. The van der Waals surface area contributed by atoms with Gasteiger partial charge in [0.1, 0.15) is 4.32 Å². The summed E-state index contributed by atoms with van der Waals surface area (Å²) in [5, 5.41) is 13.8. The summed E-state index contributed by atoms with van der Waals surface area (Å²) in [6.45, 7) is 2.15. The van der Waals surface area contributed by atoms with Gasteiger partial charge in [-0.3, -0.25) is 19.7 Å². The van der Waals surface area contributed by atoms with Gasteiger partial charge in [-0.1, -0.05) is 41.6 Å². The standard InChI is InChI=1S/C20H19ClN4O4S2/c21-15-5-4-14(25(28)29)7-16(15)22-18(26)11-31-20(30)23-8-12-6-13(10-23)17-2-1-3-19(27)24(17)9-12/h1-5,7,12-13H,6,8-11H2,(H,22,26)/t12-,13-/m0/s1. The van der Waals surface area contributed by atoms with E-state index in [9.17, 15) is 19.7 Å². The van der Waals surface area contributed by atoms with Crippen LogP contribution in [0, 0.1) is 16.0 Å². The van der Waals surface area contributed by atoms with Crippen molar-refractivity contribution in [1.82, 2.24) is 9.47 Å². The van der Waals surface area contributed by atoms with Gasteiger partial charge in [0.05, 0.1) is 21.4 Å². The fraction of sp³-hybridized carbons (Fsp3) is 0.350. The smallest absolute Gasteiger partial charge is 0.271 e. The van der Waals surface area contributed by atoms with Crippen molar-refractivity contribution in [2.45, 2.75) is 18.9 Å². The molecule has 4 rings (SSSR count). The minimum Gasteiger partial charge on any atom is -0.356 e. The Bertz CT molecular complexity index is 1120. The van der Waals surface area contributed by atoms with E-state index in [4.69, 9.17) is 23.8 Å². The van der Waals surface area contributed by atoms with Gasteiger partial charge in [-0.15, -0.1) is 0 Å². The number of thiocarbonyl (C=S) groups is 1. The Balaban J connectivity index is 1.36. The molecule has 1 fully saturated rings. The largest absolute Gasteiger partial charge is 0.356 e. The number of hydrogen-bond acceptors (Lipinski definition) is 6. The Morgan fingerprint density at radius 1 is 1.29 bits per heavy atom. The molecule has 2 aliphatic rings. The van der Waals surface area contributed by atoms with E-state index in [1.54, 1.807) is 12.1 Å². The van der Waals surface area contributed by atoms with E-state index >= 15 is 0 Å². The molecule has 1 aromatic heterocycles. The van der Waals surface area contributed by atoms with Gasteiger partial charge >= 0.3 is 0 Å². The second kappa shape index (κ2) is 8.97. The second-order valence-corrected chi connectivity index (χ2v) is 9.64. The number of amides is 1. The number of hydrogen-bond donors (Lipinski definition) is 1. The molecular formula is C20H19ClN4O4S2. The number of nitrogens with one attached hydrogen (secondary N) is 1. The fourth-order valence-corrected chi connectivity index (χ4v) is 5.32. The number of halogens is 1. The molecule has 2 bridgehead atoms. The molecule has 0 aliphatic carbocycles. The molecule has 0 radical (unpaired) electrons. The maximum absolute atomic E-state index is 12.4. The quantitative estimate of drug-likeness (QED) is 0.408. The zero-order valence-corrected chi connectivity index (χ0v) is 18.7. The van der Waals surface area contributed by atoms with Crippen LogP contribution in [-0.2, 0) is 11.3 Å². The zero-order chi connectivity index (χ0) is 22.1. The van der Waals surface area contributed by atoms with Crippen LogP contribution in [-0.4, -0.2) is 43.5 Å². The van der Waals surface area contributed by atoms with E-state index in [2.05, 4.69) is 10.2 Å². The van der Waals surface area contributed by atoms with Gasteiger partial charge in [-0.05, 0) is 24.5 Å². The van der Waals surface area contributed by atoms with E-state index in [1.807, 2.05) is 10.6 Å². The van der Waals surface area contributed by atoms with Crippen LogP contribution in [0.25, 0.3) is 0 Å². The number of pyridine rings is 1. The molecule has 0 saturated carbocycles. The Morgan fingerprint density at radius 2 is 2.10 bits per heavy atom. The van der Waals surface area contributed by atoms with Gasteiger partial charge in [-0.2, -0.15) is 0 Å². The summed E-state index contributed by atoms with van der Waals surface area (Å²) in [6, 6.07) is 9.27. The van der Waals surface area contributed by atoms with Gasteiger partial charge in [0.15, 0.2) is 0 Å². The topological polar surface area (TPSA) is 97.5 Å². The van der Waals surface area contributed by atoms with Crippen molar-refractivity contribution >= 4 is 57.2 Å². The molecule has 8 nitrogen and oxygen atoms in total. The van der Waals surface area contributed by atoms with Crippen LogP contribution in [0.5, 0.6) is 0 Å². The summed E-state index contributed by atoms with van der Waals surface area (Å²) in [6.07, 6.45) is 1.03. The van der Waals surface area contributed by atoms with Crippen molar-refractivity contribution in [2.24, 2.45) is 5.92 Å². The number of carbonyl (C=O) groups is 1. The highest BCUT2D eigenvalue weighted by Crippen LogP contribution is 2.36. The first kappa shape index (κ1) is 21.8. The zero-order valence-electron chi connectivity index (χ0n) is 16.3. The van der Waals surface area contributed by atoms with Crippen LogP contribution >= 0.6 is 35.6 Å². The van der Waals surface area contributed by atoms with Crippen LogP contribution in [0.3, 0.4) is 0 Å². The highest BCUT2D eigenvalue weighted by Gasteiger charge is 2.35. The minimum atomic E-state index is -0.546. The van der Waals surface area contributed by atoms with Crippen molar-refractivity contribution in [3.63, 3.8) is 0 Å². The fourth-order valence-electron chi connectivity index (χ4n) is 4.17. The van der Waals surface area contributed by atoms with Gasteiger partial charge in [-0.25, -0.2) is 0 Å². The van der Waals surface area contributed by atoms with Crippen LogP contribution in [0.1, 0.15) is 18.0 Å². The normalized spacial score (nSPS) is 19.5. The molecule has 2 aromatic rings. The number of piperidine rings is 1. The third-order valence-corrected chi connectivity index (χ3v) is 7.35. The van der Waals surface area contributed by atoms with Crippen molar-refractivity contribution in [3.05, 3.63) is 67.6 Å². The SMILES string of the molecule is O=C(CSC(=S)N1C[C@@H]2C[C@@H](C1)c1cccc(=O)n1C2)Nc1cc([N+](=O)[O-])ccc1Cl. The number of nitro benzene ring substituents is 1. The lowest BCUT2D eigenvalue weighted by atomic mass is 9.83. The first-order valence-corrected chi connectivity index (χ1v) is 11.4. The van der Waals surface area contributed by atoms with Crippen molar-refractivity contribution in [2.75, 3.05) is 24.2 Å². The van der Waals surface area contributed by atoms with E-state index in [0.717, 1.165) is 18.7 Å². The summed E-state index contributed by atoms with van der Waals surface area (Å²) in [7, 11) is 0. The Kier molecular flexibility index (Phi) is 6.31. The average Bonchev–Trinajstić information content (AvgIpc) is 2.74. The summed E-state index contributed by atoms with van der Waals surface area (Å²) in [5.41, 5.74) is 1.12. The average molecular weight is 479 g/mol. The number of fused-ring (bicyclic) bond motifs is 4. The molecule has 3 heterocycles. The minimum absolute atomic E-state index is 0.0362. The molecule has 1 amide bonds. The van der Waals surface area contributed by atoms with Gasteiger partial charge in [0, 0.05) is 49.4 Å². The van der Waals surface area contributed by atoms with Crippen LogP contribution in [0.15, 0.2) is 41.2 Å². The van der Waals surface area contributed by atoms with Crippen LogP contribution in [0.2, 0.25) is 5.02 Å². The lowest BCUT2D eigenvalue weighted by Gasteiger charge is -2.43. The monoisotopic (exact) mass is 478 g/mol. The molecule has 0 unspecified atom stereocenters. The summed E-state index contributed by atoms with van der Waals surface area (Å²) in [5.74, 6) is 0.295. The summed E-state index contributed by atoms with van der Waals surface area (Å²) in [4.78, 5) is 37.0. The Morgan fingerprint density at radius 3 is 2.87 bits per heavy atom. The van der Waals surface area contributed by atoms with Gasteiger partial charge in [0.2, 0.25) is 5.91 Å². The number of nitrogens with zero attached hydrogens (tertiary/aromatic N) is 3. The predicted octanol–water partition coefficient (Wildman–Crippen LogP) is 3.49. The van der Waals surface area contributed by atoms with E-state index in [-0.39, 0.29) is 39.5 Å². The maximum Gasteiger partial charge on any atom is 0.271 e. The van der Waals surface area contributed by atoms with Crippen molar-refractivity contribution in [1.29, 1.82) is 0 Å². The molecule has 162 valence electrons. The van der Waals surface area contributed by atoms with Gasteiger partial charge in [0.25, 0.3) is 11.2 Å². The number of non-ortho nitro benzene ring substituents is 1. The van der Waals surface area contributed by atoms with E-state index < -0.39 is 4.92 Å². The van der Waals surface area contributed by atoms with Crippen molar-refractivity contribution in [3.8, 4) is 0 Å². The molecule has 0 spiro atoms. The molecule has 1 saturated heterocycles. The Hall–Kier alpha value is -2.43.